The molecule has 0 spiro atoms. The number of hydrogen-bond donors (Lipinski definition) is 4. The van der Waals surface area contributed by atoms with Crippen molar-refractivity contribution in [3.8, 4) is 5.75 Å². The Labute approximate surface area is 116 Å². The standard InChI is InChI=1S/C13H18N2O5/c1-2-7-20-10-5-3-9(4-6-10)15-13(19)14-8-11(16)12(17)18/h3-6,11,16H,2,7-8H2,1H3,(H,17,18)(H2,14,15,19). The van der Waals surface area contributed by atoms with Crippen molar-refractivity contribution < 1.29 is 24.5 Å². The number of aliphatic hydroxyl groups excluding tert-OH is 1. The van der Waals surface area contributed by atoms with Gasteiger partial charge in [-0.3, -0.25) is 0 Å². The third-order valence-electron chi connectivity index (χ3n) is 2.33. The summed E-state index contributed by atoms with van der Waals surface area (Å²) < 4.78 is 5.39. The Bertz CT molecular complexity index is 447. The molecule has 1 atom stereocenters. The van der Waals surface area contributed by atoms with Gasteiger partial charge in [0.1, 0.15) is 5.75 Å². The van der Waals surface area contributed by atoms with Gasteiger partial charge in [0.2, 0.25) is 0 Å². The number of carboxylic acids is 1. The first-order valence-electron chi connectivity index (χ1n) is 6.21. The summed E-state index contributed by atoms with van der Waals surface area (Å²) in [6.07, 6.45) is -0.709. The number of benzene rings is 1. The molecule has 0 saturated heterocycles. The van der Waals surface area contributed by atoms with Crippen LogP contribution in [0.5, 0.6) is 5.75 Å². The number of ether oxygens (including phenoxy) is 1. The predicted molar refractivity (Wildman–Crippen MR) is 72.9 cm³/mol. The van der Waals surface area contributed by atoms with Crippen LogP contribution in [0.15, 0.2) is 24.3 Å². The van der Waals surface area contributed by atoms with E-state index in [0.717, 1.165) is 6.42 Å². The molecule has 0 saturated carbocycles. The van der Waals surface area contributed by atoms with Crippen molar-refractivity contribution in [2.45, 2.75) is 19.4 Å². The molecule has 7 heteroatoms. The first-order chi connectivity index (χ1) is 9.52. The summed E-state index contributed by atoms with van der Waals surface area (Å²) in [4.78, 5) is 21.8. The fourth-order valence-corrected chi connectivity index (χ4v) is 1.31. The average molecular weight is 282 g/mol. The van der Waals surface area contributed by atoms with Crippen molar-refractivity contribution in [1.82, 2.24) is 5.32 Å². The maximum absolute atomic E-state index is 11.4. The van der Waals surface area contributed by atoms with Crippen molar-refractivity contribution >= 4 is 17.7 Å². The molecule has 1 aromatic carbocycles. The van der Waals surface area contributed by atoms with Gasteiger partial charge >= 0.3 is 12.0 Å². The van der Waals surface area contributed by atoms with E-state index in [0.29, 0.717) is 18.0 Å². The van der Waals surface area contributed by atoms with Crippen molar-refractivity contribution in [1.29, 1.82) is 0 Å². The van der Waals surface area contributed by atoms with E-state index in [4.69, 9.17) is 14.9 Å². The van der Waals surface area contributed by atoms with Crippen molar-refractivity contribution in [3.63, 3.8) is 0 Å². The number of anilines is 1. The highest BCUT2D eigenvalue weighted by atomic mass is 16.5. The first kappa shape index (κ1) is 15.8. The molecule has 0 aromatic heterocycles. The second-order valence-corrected chi connectivity index (χ2v) is 4.06. The van der Waals surface area contributed by atoms with E-state index in [1.165, 1.54) is 0 Å². The van der Waals surface area contributed by atoms with E-state index < -0.39 is 18.1 Å². The highest BCUT2D eigenvalue weighted by molar-refractivity contribution is 5.89. The second-order valence-electron chi connectivity index (χ2n) is 4.06. The molecular weight excluding hydrogens is 264 g/mol. The lowest BCUT2D eigenvalue weighted by molar-refractivity contribution is -0.146. The van der Waals surface area contributed by atoms with E-state index in [9.17, 15) is 9.59 Å². The van der Waals surface area contributed by atoms with Crippen LogP contribution in [-0.2, 0) is 4.79 Å². The summed E-state index contributed by atoms with van der Waals surface area (Å²) in [5, 5.41) is 22.2. The fourth-order valence-electron chi connectivity index (χ4n) is 1.31. The molecule has 0 heterocycles. The van der Waals surface area contributed by atoms with E-state index >= 15 is 0 Å². The quantitative estimate of drug-likeness (QED) is 0.597. The van der Waals surface area contributed by atoms with Gasteiger partial charge in [-0.2, -0.15) is 0 Å². The van der Waals surface area contributed by atoms with Gasteiger partial charge in [-0.15, -0.1) is 0 Å². The maximum Gasteiger partial charge on any atom is 0.334 e. The Kier molecular flexibility index (Phi) is 6.31. The number of carboxylic acid groups (broad SMARTS) is 1. The zero-order chi connectivity index (χ0) is 15.0. The van der Waals surface area contributed by atoms with Crippen LogP contribution in [0, 0.1) is 0 Å². The van der Waals surface area contributed by atoms with Gasteiger partial charge in [-0.1, -0.05) is 6.92 Å². The van der Waals surface area contributed by atoms with Gasteiger partial charge in [-0.25, -0.2) is 9.59 Å². The Morgan fingerprint density at radius 1 is 1.30 bits per heavy atom. The van der Waals surface area contributed by atoms with Gasteiger partial charge in [0.05, 0.1) is 13.2 Å². The largest absolute Gasteiger partial charge is 0.494 e. The molecule has 1 rings (SSSR count). The minimum Gasteiger partial charge on any atom is -0.494 e. The molecule has 0 fully saturated rings. The summed E-state index contributed by atoms with van der Waals surface area (Å²) >= 11 is 0. The molecule has 20 heavy (non-hydrogen) atoms. The summed E-state index contributed by atoms with van der Waals surface area (Å²) in [6.45, 7) is 2.27. The summed E-state index contributed by atoms with van der Waals surface area (Å²) in [5.41, 5.74) is 0.538. The summed E-state index contributed by atoms with van der Waals surface area (Å²) in [6, 6.07) is 6.18. The Morgan fingerprint density at radius 2 is 1.95 bits per heavy atom. The normalized spacial score (nSPS) is 11.5. The number of urea groups is 1. The van der Waals surface area contributed by atoms with Crippen LogP contribution in [0.4, 0.5) is 10.5 Å². The summed E-state index contributed by atoms with van der Waals surface area (Å²) in [7, 11) is 0. The zero-order valence-corrected chi connectivity index (χ0v) is 11.1. The van der Waals surface area contributed by atoms with Crippen LogP contribution in [0.1, 0.15) is 13.3 Å². The number of aliphatic carboxylic acids is 1. The SMILES string of the molecule is CCCOc1ccc(NC(=O)NCC(O)C(=O)O)cc1. The predicted octanol–water partition coefficient (Wildman–Crippen LogP) is 1.04. The van der Waals surface area contributed by atoms with Gasteiger partial charge in [0, 0.05) is 5.69 Å². The number of aliphatic hydroxyl groups is 1. The molecule has 110 valence electrons. The number of rotatable bonds is 7. The van der Waals surface area contributed by atoms with Crippen molar-refractivity contribution in [2.24, 2.45) is 0 Å². The van der Waals surface area contributed by atoms with Crippen LogP contribution in [0.3, 0.4) is 0 Å². The average Bonchev–Trinajstić information content (AvgIpc) is 2.44. The van der Waals surface area contributed by atoms with Crippen molar-refractivity contribution in [3.05, 3.63) is 24.3 Å². The Balaban J connectivity index is 2.40. The van der Waals surface area contributed by atoms with Crippen LogP contribution in [0.25, 0.3) is 0 Å². The minimum absolute atomic E-state index is 0.362. The molecule has 1 unspecified atom stereocenters. The zero-order valence-electron chi connectivity index (χ0n) is 11.1. The third-order valence-corrected chi connectivity index (χ3v) is 2.33. The molecule has 0 bridgehead atoms. The molecule has 0 aliphatic heterocycles. The molecule has 2 amide bonds. The van der Waals surface area contributed by atoms with Gasteiger partial charge < -0.3 is 25.6 Å². The van der Waals surface area contributed by atoms with E-state index in [-0.39, 0.29) is 6.54 Å². The number of amides is 2. The lowest BCUT2D eigenvalue weighted by Crippen LogP contribution is -2.38. The van der Waals surface area contributed by atoms with E-state index in [1.54, 1.807) is 24.3 Å². The molecular formula is C13H18N2O5. The highest BCUT2D eigenvalue weighted by Crippen LogP contribution is 2.15. The fraction of sp³-hybridized carbons (Fsp3) is 0.385. The van der Waals surface area contributed by atoms with Crippen molar-refractivity contribution in [2.75, 3.05) is 18.5 Å². The Morgan fingerprint density at radius 3 is 2.50 bits per heavy atom. The van der Waals surface area contributed by atoms with E-state index in [1.807, 2.05) is 6.92 Å². The molecule has 0 radical (unpaired) electrons. The number of hydrogen-bond acceptors (Lipinski definition) is 4. The molecule has 0 aliphatic carbocycles. The molecule has 4 N–H and O–H groups in total. The number of nitrogens with one attached hydrogen (secondary N) is 2. The molecule has 1 aromatic rings. The molecule has 7 nitrogen and oxygen atoms in total. The monoisotopic (exact) mass is 282 g/mol. The van der Waals surface area contributed by atoms with Gasteiger partial charge in [0.25, 0.3) is 0 Å². The third kappa shape index (κ3) is 5.57. The highest BCUT2D eigenvalue weighted by Gasteiger charge is 2.13. The van der Waals surface area contributed by atoms with Gasteiger partial charge in [-0.05, 0) is 30.7 Å². The second kappa shape index (κ2) is 8.00. The van der Waals surface area contributed by atoms with Crippen LogP contribution < -0.4 is 15.4 Å². The smallest absolute Gasteiger partial charge is 0.334 e. The Hall–Kier alpha value is -2.28. The topological polar surface area (TPSA) is 108 Å². The number of carbonyl (C=O) groups is 2. The molecule has 0 aliphatic rings. The van der Waals surface area contributed by atoms with Crippen LogP contribution in [0.2, 0.25) is 0 Å². The van der Waals surface area contributed by atoms with Gasteiger partial charge in [0.15, 0.2) is 6.10 Å². The maximum atomic E-state index is 11.4. The minimum atomic E-state index is -1.62. The van der Waals surface area contributed by atoms with Crippen LogP contribution >= 0.6 is 0 Å². The lowest BCUT2D eigenvalue weighted by atomic mass is 10.3. The first-order valence-corrected chi connectivity index (χ1v) is 6.21. The number of carbonyl (C=O) groups excluding carboxylic acids is 1. The lowest BCUT2D eigenvalue weighted by Gasteiger charge is -2.10. The van der Waals surface area contributed by atoms with E-state index in [2.05, 4.69) is 10.6 Å². The summed E-state index contributed by atoms with van der Waals surface area (Å²) in [5.74, 6) is -0.679. The van der Waals surface area contributed by atoms with Crippen LogP contribution in [-0.4, -0.2) is 41.5 Å².